The summed E-state index contributed by atoms with van der Waals surface area (Å²) in [6, 6.07) is 15.1. The van der Waals surface area contributed by atoms with Crippen LogP contribution >= 0.6 is 23.2 Å². The van der Waals surface area contributed by atoms with Crippen LogP contribution < -0.4 is 20.9 Å². The first-order valence-electron chi connectivity index (χ1n) is 13.9. The van der Waals surface area contributed by atoms with Crippen molar-refractivity contribution in [2.75, 3.05) is 19.5 Å². The minimum Gasteiger partial charge on any atom is -0.494 e. The van der Waals surface area contributed by atoms with E-state index in [1.807, 2.05) is 13.8 Å². The largest absolute Gasteiger partial charge is 0.494 e. The summed E-state index contributed by atoms with van der Waals surface area (Å²) < 4.78 is 20.7. The van der Waals surface area contributed by atoms with E-state index in [2.05, 4.69) is 10.6 Å². The molecule has 0 aliphatic carbocycles. The average Bonchev–Trinajstić information content (AvgIpc) is 3.02. The molecule has 2 N–H and O–H groups in total. The molecule has 228 valence electrons. The minimum atomic E-state index is -0.496. The minimum absolute atomic E-state index is 0.0853. The van der Waals surface area contributed by atoms with Gasteiger partial charge in [0.1, 0.15) is 0 Å². The Balaban J connectivity index is 1.58. The fourth-order valence-electron chi connectivity index (χ4n) is 5.19. The van der Waals surface area contributed by atoms with Crippen molar-refractivity contribution in [1.29, 1.82) is 0 Å². The van der Waals surface area contributed by atoms with Crippen molar-refractivity contribution in [2.45, 2.75) is 38.9 Å². The van der Waals surface area contributed by atoms with Crippen LogP contribution in [0.3, 0.4) is 0 Å². The molecule has 0 unspecified atom stereocenters. The van der Waals surface area contributed by atoms with Crippen LogP contribution in [-0.4, -0.2) is 46.5 Å². The maximum Gasteiger partial charge on any atom is 0.263 e. The number of amides is 2. The molecule has 0 bridgehead atoms. The van der Waals surface area contributed by atoms with Crippen molar-refractivity contribution >= 4 is 41.0 Å². The smallest absolute Gasteiger partial charge is 0.263 e. The van der Waals surface area contributed by atoms with Gasteiger partial charge in [0.15, 0.2) is 11.6 Å². The molecule has 2 heterocycles. The van der Waals surface area contributed by atoms with Crippen LogP contribution in [-0.2, 0) is 13.0 Å². The molecule has 0 radical (unpaired) electrons. The van der Waals surface area contributed by atoms with E-state index >= 15 is 0 Å². The van der Waals surface area contributed by atoms with Gasteiger partial charge in [-0.2, -0.15) is 0 Å². The summed E-state index contributed by atoms with van der Waals surface area (Å²) in [4.78, 5) is 46.3. The SMILES string of the molecule is CNC(=O)c1ccc(-n2c(N[C@@H](C)c3ccc(F)c(OC)c3)nc3c(c2=O)C[C@@H](C)N(C(=O)c2ccc(Cl)c(Cl)c2)C3)cc1. The highest BCUT2D eigenvalue weighted by Gasteiger charge is 2.32. The molecule has 2 amide bonds. The lowest BCUT2D eigenvalue weighted by Crippen LogP contribution is -2.46. The Morgan fingerprint density at radius 3 is 2.41 bits per heavy atom. The van der Waals surface area contributed by atoms with E-state index in [4.69, 9.17) is 32.9 Å². The number of benzene rings is 3. The van der Waals surface area contributed by atoms with Gasteiger partial charge in [0.25, 0.3) is 17.4 Å². The summed E-state index contributed by atoms with van der Waals surface area (Å²) >= 11 is 12.2. The number of nitrogens with one attached hydrogen (secondary N) is 2. The molecule has 1 aliphatic heterocycles. The summed E-state index contributed by atoms with van der Waals surface area (Å²) in [5.74, 6) is -0.718. The van der Waals surface area contributed by atoms with Gasteiger partial charge >= 0.3 is 0 Å². The van der Waals surface area contributed by atoms with Crippen molar-refractivity contribution in [1.82, 2.24) is 19.8 Å². The monoisotopic (exact) mass is 637 g/mol. The third kappa shape index (κ3) is 6.00. The Kier molecular flexibility index (Phi) is 8.94. The number of methoxy groups -OCH3 is 1. The maximum absolute atomic E-state index is 14.1. The third-order valence-electron chi connectivity index (χ3n) is 7.68. The number of carbonyl (C=O) groups excluding carboxylic acids is 2. The average molecular weight is 639 g/mol. The van der Waals surface area contributed by atoms with E-state index in [0.29, 0.717) is 38.7 Å². The normalized spacial score (nSPS) is 14.9. The number of hydrogen-bond acceptors (Lipinski definition) is 6. The summed E-state index contributed by atoms with van der Waals surface area (Å²) in [5, 5.41) is 6.49. The number of aromatic nitrogens is 2. The molecule has 0 saturated carbocycles. The molecule has 3 aromatic carbocycles. The van der Waals surface area contributed by atoms with Gasteiger partial charge in [-0.3, -0.25) is 14.4 Å². The van der Waals surface area contributed by atoms with Crippen molar-refractivity contribution < 1.29 is 18.7 Å². The molecule has 5 rings (SSSR count). The molecule has 1 aliphatic rings. The number of halogens is 3. The Hall–Kier alpha value is -4.41. The van der Waals surface area contributed by atoms with Gasteiger partial charge in [-0.05, 0) is 80.4 Å². The van der Waals surface area contributed by atoms with Gasteiger partial charge in [0.05, 0.1) is 41.1 Å². The van der Waals surface area contributed by atoms with E-state index in [1.165, 1.54) is 23.8 Å². The lowest BCUT2D eigenvalue weighted by atomic mass is 9.98. The van der Waals surface area contributed by atoms with Crippen molar-refractivity contribution in [3.63, 3.8) is 0 Å². The quantitative estimate of drug-likeness (QED) is 0.265. The van der Waals surface area contributed by atoms with Gasteiger partial charge in [0, 0.05) is 29.8 Å². The van der Waals surface area contributed by atoms with E-state index < -0.39 is 11.9 Å². The Morgan fingerprint density at radius 2 is 1.75 bits per heavy atom. The Morgan fingerprint density at radius 1 is 1.05 bits per heavy atom. The van der Waals surface area contributed by atoms with Crippen LogP contribution in [0.2, 0.25) is 10.0 Å². The number of carbonyl (C=O) groups is 2. The molecule has 4 aromatic rings. The van der Waals surface area contributed by atoms with Crippen LogP contribution in [0.5, 0.6) is 5.75 Å². The summed E-state index contributed by atoms with van der Waals surface area (Å²) in [6.07, 6.45) is 0.273. The fraction of sp³-hybridized carbons (Fsp3) is 0.250. The Labute approximate surface area is 263 Å². The molecule has 9 nitrogen and oxygen atoms in total. The van der Waals surface area contributed by atoms with Gasteiger partial charge in [0.2, 0.25) is 5.95 Å². The zero-order valence-corrected chi connectivity index (χ0v) is 26.0. The topological polar surface area (TPSA) is 106 Å². The van der Waals surface area contributed by atoms with E-state index in [0.717, 1.165) is 0 Å². The lowest BCUT2D eigenvalue weighted by molar-refractivity contribution is 0.0653. The standard InChI is InChI=1S/C32H30Cl2FN5O4/c1-17-13-23-27(16-39(17)30(42)21-7-11-24(33)25(34)14-21)38-32(37-18(2)20-8-12-26(35)28(15-20)44-4)40(31(23)43)22-9-5-19(6-10-22)29(41)36-3/h5-12,14-15,17-18H,13,16H2,1-4H3,(H,36,41)(H,37,38)/t17-,18+/m1/s1. The summed E-state index contributed by atoms with van der Waals surface area (Å²) in [7, 11) is 2.93. The highest BCUT2D eigenvalue weighted by Crippen LogP contribution is 2.29. The van der Waals surface area contributed by atoms with Gasteiger partial charge in [-0.15, -0.1) is 0 Å². The molecular formula is C32H30Cl2FN5O4. The first-order chi connectivity index (χ1) is 21.0. The number of anilines is 1. The van der Waals surface area contributed by atoms with Crippen molar-refractivity contribution in [3.8, 4) is 11.4 Å². The fourth-order valence-corrected chi connectivity index (χ4v) is 5.49. The van der Waals surface area contributed by atoms with Crippen LogP contribution in [0.15, 0.2) is 65.5 Å². The van der Waals surface area contributed by atoms with Gasteiger partial charge in [-0.1, -0.05) is 29.3 Å². The van der Waals surface area contributed by atoms with Crippen LogP contribution in [0.4, 0.5) is 10.3 Å². The zero-order chi connectivity index (χ0) is 31.7. The van der Waals surface area contributed by atoms with Crippen molar-refractivity contribution in [3.05, 3.63) is 115 Å². The second kappa shape index (κ2) is 12.7. The predicted octanol–water partition coefficient (Wildman–Crippen LogP) is 5.81. The number of rotatable bonds is 7. The van der Waals surface area contributed by atoms with Crippen molar-refractivity contribution in [2.24, 2.45) is 0 Å². The molecule has 1 aromatic heterocycles. The number of fused-ring (bicyclic) bond motifs is 1. The highest BCUT2D eigenvalue weighted by molar-refractivity contribution is 6.42. The molecule has 44 heavy (non-hydrogen) atoms. The van der Waals surface area contributed by atoms with E-state index in [-0.39, 0.29) is 53.1 Å². The molecule has 2 atom stereocenters. The van der Waals surface area contributed by atoms with E-state index in [9.17, 15) is 18.8 Å². The number of nitrogens with zero attached hydrogens (tertiary/aromatic N) is 3. The van der Waals surface area contributed by atoms with E-state index in [1.54, 1.807) is 60.5 Å². The first kappa shape index (κ1) is 31.0. The number of hydrogen-bond donors (Lipinski definition) is 2. The third-order valence-corrected chi connectivity index (χ3v) is 8.42. The molecule has 0 saturated heterocycles. The summed E-state index contributed by atoms with van der Waals surface area (Å²) in [5.41, 5.74) is 2.62. The van der Waals surface area contributed by atoms with Gasteiger partial charge in [-0.25, -0.2) is 13.9 Å². The van der Waals surface area contributed by atoms with Crippen LogP contribution in [0.25, 0.3) is 5.69 Å². The highest BCUT2D eigenvalue weighted by atomic mass is 35.5. The molecular weight excluding hydrogens is 608 g/mol. The maximum atomic E-state index is 14.1. The lowest BCUT2D eigenvalue weighted by Gasteiger charge is -2.35. The first-order valence-corrected chi connectivity index (χ1v) is 14.6. The zero-order valence-electron chi connectivity index (χ0n) is 24.5. The molecule has 0 fully saturated rings. The Bertz CT molecular complexity index is 1810. The summed E-state index contributed by atoms with van der Waals surface area (Å²) in [6.45, 7) is 3.81. The molecule has 12 heteroatoms. The van der Waals surface area contributed by atoms with Crippen LogP contribution in [0, 0.1) is 5.82 Å². The second-order valence-corrected chi connectivity index (χ2v) is 11.3. The van der Waals surface area contributed by atoms with Gasteiger partial charge < -0.3 is 20.3 Å². The predicted molar refractivity (Wildman–Crippen MR) is 168 cm³/mol. The molecule has 0 spiro atoms. The van der Waals surface area contributed by atoms with Crippen LogP contribution in [0.1, 0.15) is 57.4 Å². The second-order valence-electron chi connectivity index (χ2n) is 10.5. The number of ether oxygens (including phenoxy) is 1.